The highest BCUT2D eigenvalue weighted by Gasteiger charge is 2.16. The summed E-state index contributed by atoms with van der Waals surface area (Å²) in [5.74, 6) is 0.600. The van der Waals surface area contributed by atoms with Crippen LogP contribution in [0.2, 0.25) is 0 Å². The van der Waals surface area contributed by atoms with Crippen LogP contribution in [0.5, 0.6) is 0 Å². The molecule has 114 valence electrons. The van der Waals surface area contributed by atoms with Gasteiger partial charge in [0.1, 0.15) is 10.7 Å². The van der Waals surface area contributed by atoms with Gasteiger partial charge in [-0.05, 0) is 33.3 Å². The summed E-state index contributed by atoms with van der Waals surface area (Å²) in [4.78, 5) is 32.8. The fraction of sp³-hybridized carbons (Fsp3) is 0.500. The topological polar surface area (TPSA) is 72.0 Å². The number of esters is 1. The summed E-state index contributed by atoms with van der Waals surface area (Å²) in [6.07, 6.45) is 0. The summed E-state index contributed by atoms with van der Waals surface area (Å²) >= 11 is 2.93. The second kappa shape index (κ2) is 6.62. The van der Waals surface area contributed by atoms with Gasteiger partial charge in [-0.15, -0.1) is 23.1 Å². The van der Waals surface area contributed by atoms with Gasteiger partial charge < -0.3 is 9.72 Å². The fourth-order valence-corrected chi connectivity index (χ4v) is 3.71. The van der Waals surface area contributed by atoms with Crippen molar-refractivity contribution in [1.82, 2.24) is 9.97 Å². The van der Waals surface area contributed by atoms with E-state index in [4.69, 9.17) is 4.74 Å². The number of rotatable bonds is 5. The summed E-state index contributed by atoms with van der Waals surface area (Å²) in [6, 6.07) is 0. The van der Waals surface area contributed by atoms with Crippen LogP contribution in [0, 0.1) is 13.8 Å². The highest BCUT2D eigenvalue weighted by molar-refractivity contribution is 8.00. The molecule has 2 aromatic heterocycles. The third kappa shape index (κ3) is 3.47. The summed E-state index contributed by atoms with van der Waals surface area (Å²) in [6.45, 7) is 7.99. The molecule has 21 heavy (non-hydrogen) atoms. The zero-order valence-corrected chi connectivity index (χ0v) is 14.1. The average Bonchev–Trinajstić information content (AvgIpc) is 2.72. The maximum Gasteiger partial charge on any atom is 0.315 e. The number of carbonyl (C=O) groups is 1. The number of fused-ring (bicyclic) bond motifs is 1. The molecule has 0 unspecified atom stereocenters. The molecule has 0 aromatic carbocycles. The minimum Gasteiger partial charge on any atom is -0.465 e. The molecule has 0 amide bonds. The summed E-state index contributed by atoms with van der Waals surface area (Å²) in [5, 5.41) is 0.595. The first-order chi connectivity index (χ1) is 9.93. The van der Waals surface area contributed by atoms with Crippen LogP contribution in [0.3, 0.4) is 0 Å². The minimum atomic E-state index is -0.249. The molecule has 2 aromatic rings. The molecule has 0 aliphatic rings. The average molecular weight is 326 g/mol. The third-order valence-electron chi connectivity index (χ3n) is 3.20. The van der Waals surface area contributed by atoms with Gasteiger partial charge in [0.15, 0.2) is 0 Å². The molecule has 0 bridgehead atoms. The van der Waals surface area contributed by atoms with Crippen LogP contribution in [0.1, 0.15) is 35.4 Å². The van der Waals surface area contributed by atoms with Crippen molar-refractivity contribution in [3.63, 3.8) is 0 Å². The number of thiophene rings is 1. The highest BCUT2D eigenvalue weighted by Crippen LogP contribution is 2.29. The smallest absolute Gasteiger partial charge is 0.315 e. The first kappa shape index (κ1) is 16.0. The van der Waals surface area contributed by atoms with E-state index >= 15 is 0 Å². The van der Waals surface area contributed by atoms with Crippen LogP contribution in [0.25, 0.3) is 10.2 Å². The fourth-order valence-electron chi connectivity index (χ4n) is 1.94. The van der Waals surface area contributed by atoms with Crippen LogP contribution in [-0.2, 0) is 9.53 Å². The van der Waals surface area contributed by atoms with E-state index < -0.39 is 0 Å². The predicted octanol–water partition coefficient (Wildman–Crippen LogP) is 2.96. The summed E-state index contributed by atoms with van der Waals surface area (Å²) < 4.78 is 4.89. The zero-order chi connectivity index (χ0) is 15.6. The monoisotopic (exact) mass is 326 g/mol. The molecule has 0 aliphatic carbocycles. The van der Waals surface area contributed by atoms with Gasteiger partial charge in [0.25, 0.3) is 5.56 Å². The Balaban J connectivity index is 2.22. The number of aromatic amines is 1. The van der Waals surface area contributed by atoms with Crippen molar-refractivity contribution in [3.05, 3.63) is 26.6 Å². The molecule has 1 N–H and O–H groups in total. The van der Waals surface area contributed by atoms with Gasteiger partial charge in [-0.2, -0.15) is 0 Å². The van der Waals surface area contributed by atoms with E-state index in [0.717, 1.165) is 15.3 Å². The van der Waals surface area contributed by atoms with E-state index in [-0.39, 0.29) is 22.5 Å². The van der Waals surface area contributed by atoms with E-state index in [0.29, 0.717) is 17.8 Å². The van der Waals surface area contributed by atoms with Crippen LogP contribution in [0.4, 0.5) is 0 Å². The van der Waals surface area contributed by atoms with Gasteiger partial charge in [0.05, 0.1) is 23.0 Å². The van der Waals surface area contributed by atoms with Gasteiger partial charge in [-0.3, -0.25) is 9.59 Å². The minimum absolute atomic E-state index is 0.0748. The van der Waals surface area contributed by atoms with E-state index in [1.54, 1.807) is 6.92 Å². The van der Waals surface area contributed by atoms with Crippen LogP contribution in [-0.4, -0.2) is 28.3 Å². The Bertz CT molecular complexity index is 721. The second-order valence-electron chi connectivity index (χ2n) is 4.67. The van der Waals surface area contributed by atoms with E-state index in [1.165, 1.54) is 23.1 Å². The Kier molecular flexibility index (Phi) is 5.05. The highest BCUT2D eigenvalue weighted by atomic mass is 32.2. The number of H-pyrrole nitrogens is 1. The Labute approximate surface area is 131 Å². The van der Waals surface area contributed by atoms with Crippen LogP contribution >= 0.6 is 23.1 Å². The molecule has 2 rings (SSSR count). The lowest BCUT2D eigenvalue weighted by atomic mass is 10.2. The lowest BCUT2D eigenvalue weighted by molar-refractivity contribution is -0.139. The first-order valence-corrected chi connectivity index (χ1v) is 8.57. The van der Waals surface area contributed by atoms with Crippen molar-refractivity contribution in [1.29, 1.82) is 0 Å². The predicted molar refractivity (Wildman–Crippen MR) is 87.2 cm³/mol. The molecule has 2 heterocycles. The molecule has 0 aliphatic heterocycles. The van der Waals surface area contributed by atoms with E-state index in [1.807, 2.05) is 20.8 Å². The number of thioether (sulfide) groups is 1. The second-order valence-corrected chi connectivity index (χ2v) is 7.21. The van der Waals surface area contributed by atoms with Gasteiger partial charge in [-0.1, -0.05) is 0 Å². The normalized spacial score (nSPS) is 12.6. The van der Waals surface area contributed by atoms with Gasteiger partial charge >= 0.3 is 5.97 Å². The largest absolute Gasteiger partial charge is 0.465 e. The Morgan fingerprint density at radius 3 is 2.86 bits per heavy atom. The number of nitrogens with zero attached hydrogens (tertiary/aromatic N) is 1. The molecule has 7 heteroatoms. The van der Waals surface area contributed by atoms with Crippen molar-refractivity contribution in [2.75, 3.05) is 12.4 Å². The van der Waals surface area contributed by atoms with Crippen molar-refractivity contribution >= 4 is 39.3 Å². The third-order valence-corrected chi connectivity index (χ3v) is 5.43. The van der Waals surface area contributed by atoms with Crippen molar-refractivity contribution < 1.29 is 9.53 Å². The Morgan fingerprint density at radius 1 is 1.48 bits per heavy atom. The molecular weight excluding hydrogens is 308 g/mol. The zero-order valence-electron chi connectivity index (χ0n) is 12.5. The number of ether oxygens (including phenoxy) is 1. The first-order valence-electron chi connectivity index (χ1n) is 6.71. The molecule has 0 fully saturated rings. The van der Waals surface area contributed by atoms with Crippen molar-refractivity contribution in [2.45, 2.75) is 32.9 Å². The lowest BCUT2D eigenvalue weighted by Gasteiger charge is -2.10. The van der Waals surface area contributed by atoms with Gasteiger partial charge in [0.2, 0.25) is 0 Å². The van der Waals surface area contributed by atoms with Crippen molar-refractivity contribution in [3.8, 4) is 0 Å². The van der Waals surface area contributed by atoms with Crippen LogP contribution in [0.15, 0.2) is 4.79 Å². The van der Waals surface area contributed by atoms with Gasteiger partial charge in [0, 0.05) is 4.88 Å². The molecular formula is C14H18N2O3S2. The number of hydrogen-bond donors (Lipinski definition) is 1. The molecule has 0 spiro atoms. The SMILES string of the molecule is CCOC(=O)CS[C@H](C)c1nc2sc(C)c(C)c2c(=O)[nH]1. The number of nitrogens with one attached hydrogen (secondary N) is 1. The van der Waals surface area contributed by atoms with E-state index in [2.05, 4.69) is 9.97 Å². The van der Waals surface area contributed by atoms with E-state index in [9.17, 15) is 9.59 Å². The van der Waals surface area contributed by atoms with Crippen LogP contribution < -0.4 is 5.56 Å². The van der Waals surface area contributed by atoms with Crippen molar-refractivity contribution in [2.24, 2.45) is 0 Å². The Hall–Kier alpha value is -1.34. The summed E-state index contributed by atoms with van der Waals surface area (Å²) in [5.41, 5.74) is 0.877. The molecule has 5 nitrogen and oxygen atoms in total. The molecule has 0 saturated carbocycles. The number of carbonyl (C=O) groups excluding carboxylic acids is 1. The molecule has 0 saturated heterocycles. The summed E-state index contributed by atoms with van der Waals surface area (Å²) in [7, 11) is 0. The number of aromatic nitrogens is 2. The number of aryl methyl sites for hydroxylation is 2. The van der Waals surface area contributed by atoms with Gasteiger partial charge in [-0.25, -0.2) is 4.98 Å². The number of hydrogen-bond acceptors (Lipinski definition) is 6. The lowest BCUT2D eigenvalue weighted by Crippen LogP contribution is -2.14. The Morgan fingerprint density at radius 2 is 2.19 bits per heavy atom. The standard InChI is InChI=1S/C14H18N2O3S2/c1-5-19-10(17)6-20-9(4)12-15-13(18)11-7(2)8(3)21-14(11)16-12/h9H,5-6H2,1-4H3,(H,15,16,18)/t9-/m1/s1. The molecule has 1 atom stereocenters. The molecule has 0 radical (unpaired) electrons. The quantitative estimate of drug-likeness (QED) is 0.855. The maximum absolute atomic E-state index is 12.2. The maximum atomic E-state index is 12.2.